The second kappa shape index (κ2) is 56.0. The van der Waals surface area contributed by atoms with Crippen molar-refractivity contribution in [2.45, 2.75) is 353 Å². The molecule has 0 saturated carbocycles. The van der Waals surface area contributed by atoms with Crippen molar-refractivity contribution in [3.05, 3.63) is 12.2 Å². The summed E-state index contributed by atoms with van der Waals surface area (Å²) >= 11 is 0. The highest BCUT2D eigenvalue weighted by Crippen LogP contribution is 2.43. The van der Waals surface area contributed by atoms with Gasteiger partial charge in [-0.3, -0.25) is 13.8 Å². The number of allylic oxidation sites excluding steroid dienone is 1. The molecule has 3 unspecified atom stereocenters. The van der Waals surface area contributed by atoms with Gasteiger partial charge in [0, 0.05) is 6.42 Å². The molecule has 0 aliphatic carbocycles. The largest absolute Gasteiger partial charge is 0.472 e. The van der Waals surface area contributed by atoms with E-state index in [0.717, 1.165) is 32.1 Å². The van der Waals surface area contributed by atoms with Gasteiger partial charge in [-0.05, 0) is 19.3 Å². The predicted octanol–water partition coefficient (Wildman–Crippen LogP) is 20.2. The number of carbonyl (C=O) groups excluding carboxylic acids is 1. The van der Waals surface area contributed by atoms with Gasteiger partial charge in [0.2, 0.25) is 5.91 Å². The summed E-state index contributed by atoms with van der Waals surface area (Å²) in [5.41, 5.74) is 0. The zero-order chi connectivity index (χ0) is 53.5. The van der Waals surface area contributed by atoms with Crippen LogP contribution < -0.4 is 5.32 Å². The molecule has 0 aromatic heterocycles. The van der Waals surface area contributed by atoms with Gasteiger partial charge in [-0.15, -0.1) is 0 Å². The van der Waals surface area contributed by atoms with Crippen molar-refractivity contribution >= 4 is 13.7 Å². The fourth-order valence-electron chi connectivity index (χ4n) is 10.2. The summed E-state index contributed by atoms with van der Waals surface area (Å²) in [7, 11) is 1.59. The van der Waals surface area contributed by atoms with Crippen molar-refractivity contribution in [1.29, 1.82) is 0 Å². The summed E-state index contributed by atoms with van der Waals surface area (Å²) < 4.78 is 23.8. The number of carbonyl (C=O) groups is 1. The first kappa shape index (κ1) is 72.2. The Kier molecular flexibility index (Phi) is 55.4. The Labute approximate surface area is 456 Å². The third-order valence-corrected chi connectivity index (χ3v) is 16.2. The Bertz CT molecular complexity index is 1200. The number of quaternary nitrogens is 1. The molecule has 0 fully saturated rings. The van der Waals surface area contributed by atoms with E-state index < -0.39 is 20.0 Å². The Hall–Kier alpha value is -0.760. The van der Waals surface area contributed by atoms with Gasteiger partial charge in [0.1, 0.15) is 13.2 Å². The molecule has 9 heteroatoms. The number of aliphatic hydroxyl groups excluding tert-OH is 1. The molecule has 1 amide bonds. The molecule has 73 heavy (non-hydrogen) atoms. The monoisotopic (exact) mass is 1050 g/mol. The molecule has 0 aliphatic heterocycles. The standard InChI is InChI=1S/C64H129N2O6P/c1-6-8-10-12-14-16-18-20-22-24-26-28-30-32-33-34-36-38-40-42-44-46-48-50-52-54-56-58-64(68)65-62(61-72-73(69,70)71-60-59-66(3,4)5)63(67)57-55-53-51-49-47-45-43-41-39-37-35-31-29-27-25-23-21-19-17-15-13-11-9-7-2/h55,57,62-63,67H,6-54,56,58-61H2,1-5H3,(H-,65,68,69,70)/p+1/b57-55+. The molecule has 0 aromatic carbocycles. The molecule has 0 radical (unpaired) electrons. The van der Waals surface area contributed by atoms with E-state index >= 15 is 0 Å². The first-order valence-corrected chi connectivity index (χ1v) is 34.1. The van der Waals surface area contributed by atoms with Crippen molar-refractivity contribution in [2.24, 2.45) is 0 Å². The number of nitrogens with zero attached hydrogens (tertiary/aromatic N) is 1. The van der Waals surface area contributed by atoms with Crippen LogP contribution in [0.5, 0.6) is 0 Å². The number of hydrogen-bond acceptors (Lipinski definition) is 5. The second-order valence-corrected chi connectivity index (χ2v) is 25.3. The first-order chi connectivity index (χ1) is 35.5. The lowest BCUT2D eigenvalue weighted by Gasteiger charge is -2.25. The Balaban J connectivity index is 4.08. The average molecular weight is 1050 g/mol. The van der Waals surface area contributed by atoms with E-state index in [-0.39, 0.29) is 19.1 Å². The van der Waals surface area contributed by atoms with Gasteiger partial charge in [-0.25, -0.2) is 4.57 Å². The fourth-order valence-corrected chi connectivity index (χ4v) is 10.9. The van der Waals surface area contributed by atoms with Crippen molar-refractivity contribution in [2.75, 3.05) is 40.9 Å². The Morgan fingerprint density at radius 1 is 0.452 bits per heavy atom. The van der Waals surface area contributed by atoms with Crippen molar-refractivity contribution < 1.29 is 32.9 Å². The molecule has 0 rings (SSSR count). The van der Waals surface area contributed by atoms with Crippen LogP contribution >= 0.6 is 7.82 Å². The Morgan fingerprint density at radius 2 is 0.726 bits per heavy atom. The molecule has 0 aliphatic rings. The second-order valence-electron chi connectivity index (χ2n) is 23.9. The van der Waals surface area contributed by atoms with E-state index in [1.165, 1.54) is 289 Å². The van der Waals surface area contributed by atoms with Crippen LogP contribution in [0.2, 0.25) is 0 Å². The van der Waals surface area contributed by atoms with Crippen LogP contribution in [0.1, 0.15) is 341 Å². The summed E-state index contributed by atoms with van der Waals surface area (Å²) in [5, 5.41) is 14.0. The van der Waals surface area contributed by atoms with E-state index in [4.69, 9.17) is 9.05 Å². The van der Waals surface area contributed by atoms with Gasteiger partial charge >= 0.3 is 7.82 Å². The zero-order valence-electron chi connectivity index (χ0n) is 49.9. The molecule has 3 atom stereocenters. The SMILES string of the molecule is CCCCCCCCCCCCCCCCCCCCCCCC/C=C/C(O)C(COP(=O)(O)OCC[N+](C)(C)C)NC(=O)CCCCCCCCCCCCCCCCCCCCCCCCCCCCC. The van der Waals surface area contributed by atoms with Gasteiger partial charge in [-0.1, -0.05) is 328 Å². The molecule has 0 heterocycles. The lowest BCUT2D eigenvalue weighted by Crippen LogP contribution is -2.45. The molecule has 0 aromatic rings. The smallest absolute Gasteiger partial charge is 0.387 e. The number of amides is 1. The zero-order valence-corrected chi connectivity index (χ0v) is 50.8. The summed E-state index contributed by atoms with van der Waals surface area (Å²) in [6.45, 7) is 4.88. The minimum atomic E-state index is -4.35. The third-order valence-electron chi connectivity index (χ3n) is 15.3. The molecule has 0 saturated heterocycles. The van der Waals surface area contributed by atoms with Crippen molar-refractivity contribution in [3.63, 3.8) is 0 Å². The predicted molar refractivity (Wildman–Crippen MR) is 319 cm³/mol. The number of aliphatic hydroxyl groups is 1. The number of phosphoric ester groups is 1. The van der Waals surface area contributed by atoms with Crippen LogP contribution in [0.3, 0.4) is 0 Å². The van der Waals surface area contributed by atoms with E-state index in [0.29, 0.717) is 17.4 Å². The van der Waals surface area contributed by atoms with Crippen LogP contribution in [-0.4, -0.2) is 73.4 Å². The van der Waals surface area contributed by atoms with Gasteiger partial charge in [0.15, 0.2) is 0 Å². The highest BCUT2D eigenvalue weighted by molar-refractivity contribution is 7.47. The van der Waals surface area contributed by atoms with Gasteiger partial charge in [0.05, 0.1) is 39.9 Å². The van der Waals surface area contributed by atoms with Crippen LogP contribution in [0.4, 0.5) is 0 Å². The number of hydrogen-bond donors (Lipinski definition) is 3. The fraction of sp³-hybridized carbons (Fsp3) is 0.953. The molecular formula is C64H130N2O6P+. The maximum absolute atomic E-state index is 13.0. The van der Waals surface area contributed by atoms with Crippen LogP contribution in [-0.2, 0) is 18.4 Å². The van der Waals surface area contributed by atoms with Gasteiger partial charge in [0.25, 0.3) is 0 Å². The molecule has 3 N–H and O–H groups in total. The first-order valence-electron chi connectivity index (χ1n) is 32.6. The van der Waals surface area contributed by atoms with Crippen LogP contribution in [0.15, 0.2) is 12.2 Å². The molecular weight excluding hydrogens is 924 g/mol. The minimum absolute atomic E-state index is 0.0654. The van der Waals surface area contributed by atoms with E-state index in [2.05, 4.69) is 19.2 Å². The van der Waals surface area contributed by atoms with Crippen molar-refractivity contribution in [3.8, 4) is 0 Å². The lowest BCUT2D eigenvalue weighted by molar-refractivity contribution is -0.870. The van der Waals surface area contributed by atoms with Crippen LogP contribution in [0, 0.1) is 0 Å². The van der Waals surface area contributed by atoms with E-state index in [1.807, 2.05) is 27.2 Å². The Morgan fingerprint density at radius 3 is 1.01 bits per heavy atom. The lowest BCUT2D eigenvalue weighted by atomic mass is 10.0. The number of unbranched alkanes of at least 4 members (excludes halogenated alkanes) is 48. The van der Waals surface area contributed by atoms with Gasteiger partial charge in [-0.2, -0.15) is 0 Å². The number of nitrogens with one attached hydrogen (secondary N) is 1. The number of phosphoric acid groups is 1. The summed E-state index contributed by atoms with van der Waals surface area (Å²) in [5.74, 6) is -0.168. The quantitative estimate of drug-likeness (QED) is 0.0243. The average Bonchev–Trinajstić information content (AvgIpc) is 3.35. The summed E-state index contributed by atoms with van der Waals surface area (Å²) in [4.78, 5) is 23.4. The van der Waals surface area contributed by atoms with E-state index in [9.17, 15) is 19.4 Å². The molecule has 0 bridgehead atoms. The summed E-state index contributed by atoms with van der Waals surface area (Å²) in [6.07, 6.45) is 70.5. The van der Waals surface area contributed by atoms with E-state index in [1.54, 1.807) is 6.08 Å². The normalized spacial score (nSPS) is 13.8. The summed E-state index contributed by atoms with van der Waals surface area (Å²) in [6, 6.07) is -0.843. The number of likely N-dealkylation sites (N-methyl/N-ethyl adjacent to an activating group) is 1. The third kappa shape index (κ3) is 58.8. The van der Waals surface area contributed by atoms with Gasteiger partial charge < -0.3 is 19.8 Å². The maximum atomic E-state index is 13.0. The topological polar surface area (TPSA) is 105 Å². The molecule has 436 valence electrons. The maximum Gasteiger partial charge on any atom is 0.472 e. The van der Waals surface area contributed by atoms with Crippen molar-refractivity contribution in [1.82, 2.24) is 5.32 Å². The minimum Gasteiger partial charge on any atom is -0.387 e. The highest BCUT2D eigenvalue weighted by atomic mass is 31.2. The number of rotatable bonds is 61. The molecule has 0 spiro atoms. The highest BCUT2D eigenvalue weighted by Gasteiger charge is 2.28. The molecule has 8 nitrogen and oxygen atoms in total. The van der Waals surface area contributed by atoms with Crippen LogP contribution in [0.25, 0.3) is 0 Å².